The average Bonchev–Trinajstić information content (AvgIpc) is 2.43. The molecule has 106 valence electrons. The predicted octanol–water partition coefficient (Wildman–Crippen LogP) is 4.88. The molecule has 0 heterocycles. The molecule has 0 aliphatic rings. The Morgan fingerprint density at radius 2 is 1.95 bits per heavy atom. The highest BCUT2D eigenvalue weighted by Gasteiger charge is 2.14. The van der Waals surface area contributed by atoms with Gasteiger partial charge in [0.1, 0.15) is 11.6 Å². The van der Waals surface area contributed by atoms with Crippen LogP contribution in [0, 0.1) is 11.6 Å². The van der Waals surface area contributed by atoms with Gasteiger partial charge in [0.15, 0.2) is 0 Å². The van der Waals surface area contributed by atoms with Crippen molar-refractivity contribution in [3.63, 3.8) is 0 Å². The van der Waals surface area contributed by atoms with Crippen LogP contribution in [0.2, 0.25) is 5.02 Å². The lowest BCUT2D eigenvalue weighted by atomic mass is 9.99. The number of likely N-dealkylation sites (N-methyl/N-ethyl adjacent to an activating group) is 1. The van der Waals surface area contributed by atoms with Crippen molar-refractivity contribution in [2.45, 2.75) is 12.5 Å². The van der Waals surface area contributed by atoms with E-state index in [0.717, 1.165) is 5.56 Å². The van der Waals surface area contributed by atoms with Crippen LogP contribution in [-0.2, 0) is 6.42 Å². The molecule has 0 amide bonds. The summed E-state index contributed by atoms with van der Waals surface area (Å²) in [6.45, 7) is 0. The van der Waals surface area contributed by atoms with Crippen LogP contribution in [0.3, 0.4) is 0 Å². The largest absolute Gasteiger partial charge is 0.313 e. The standard InChI is InChI=1S/C15H13BrClF2N/c1-20-15(9-2-4-12(16)14(19)7-9)8-10-6-11(18)3-5-13(10)17/h2-7,15,20H,8H2,1H3. The van der Waals surface area contributed by atoms with E-state index in [1.807, 2.05) is 6.07 Å². The number of benzene rings is 2. The lowest BCUT2D eigenvalue weighted by Gasteiger charge is -2.18. The molecule has 0 aliphatic carbocycles. The van der Waals surface area contributed by atoms with E-state index in [-0.39, 0.29) is 17.7 Å². The zero-order valence-corrected chi connectivity index (χ0v) is 13.1. The van der Waals surface area contributed by atoms with E-state index in [1.165, 1.54) is 24.3 Å². The van der Waals surface area contributed by atoms with Crippen LogP contribution in [-0.4, -0.2) is 7.05 Å². The Morgan fingerprint density at radius 3 is 2.60 bits per heavy atom. The van der Waals surface area contributed by atoms with Gasteiger partial charge in [-0.1, -0.05) is 17.7 Å². The molecule has 1 unspecified atom stereocenters. The van der Waals surface area contributed by atoms with E-state index in [9.17, 15) is 8.78 Å². The van der Waals surface area contributed by atoms with Crippen molar-refractivity contribution in [1.29, 1.82) is 0 Å². The minimum absolute atomic E-state index is 0.142. The Labute approximate surface area is 130 Å². The van der Waals surface area contributed by atoms with Crippen molar-refractivity contribution in [3.8, 4) is 0 Å². The highest BCUT2D eigenvalue weighted by molar-refractivity contribution is 9.10. The second kappa shape index (κ2) is 6.66. The van der Waals surface area contributed by atoms with Crippen LogP contribution >= 0.6 is 27.5 Å². The third-order valence-electron chi connectivity index (χ3n) is 3.13. The van der Waals surface area contributed by atoms with Gasteiger partial charge in [-0.2, -0.15) is 0 Å². The number of hydrogen-bond donors (Lipinski definition) is 1. The maximum atomic E-state index is 13.6. The normalized spacial score (nSPS) is 12.4. The third kappa shape index (κ3) is 3.57. The topological polar surface area (TPSA) is 12.0 Å². The third-order valence-corrected chi connectivity index (χ3v) is 4.14. The van der Waals surface area contributed by atoms with Crippen LogP contribution in [0.4, 0.5) is 8.78 Å². The molecular weight excluding hydrogens is 348 g/mol. The Balaban J connectivity index is 2.28. The van der Waals surface area contributed by atoms with Crippen molar-refractivity contribution in [1.82, 2.24) is 5.32 Å². The van der Waals surface area contributed by atoms with Gasteiger partial charge < -0.3 is 5.32 Å². The Morgan fingerprint density at radius 1 is 1.20 bits per heavy atom. The summed E-state index contributed by atoms with van der Waals surface area (Å²) in [4.78, 5) is 0. The molecule has 1 nitrogen and oxygen atoms in total. The van der Waals surface area contributed by atoms with Gasteiger partial charge in [0, 0.05) is 11.1 Å². The minimum Gasteiger partial charge on any atom is -0.313 e. The molecule has 5 heteroatoms. The van der Waals surface area contributed by atoms with Crippen LogP contribution in [0.1, 0.15) is 17.2 Å². The molecule has 1 N–H and O–H groups in total. The number of nitrogens with one attached hydrogen (secondary N) is 1. The number of halogens is 4. The summed E-state index contributed by atoms with van der Waals surface area (Å²) >= 11 is 9.19. The van der Waals surface area contributed by atoms with E-state index < -0.39 is 0 Å². The fraction of sp³-hybridized carbons (Fsp3) is 0.200. The molecule has 1 atom stereocenters. The van der Waals surface area contributed by atoms with Gasteiger partial charge in [0.2, 0.25) is 0 Å². The SMILES string of the molecule is CNC(Cc1cc(F)ccc1Cl)c1ccc(Br)c(F)c1. The minimum atomic E-state index is -0.332. The molecule has 0 saturated carbocycles. The van der Waals surface area contributed by atoms with Crippen molar-refractivity contribution < 1.29 is 8.78 Å². The van der Waals surface area contributed by atoms with Gasteiger partial charge in [-0.05, 0) is 70.9 Å². The first-order valence-corrected chi connectivity index (χ1v) is 7.24. The molecule has 0 spiro atoms. The van der Waals surface area contributed by atoms with Crippen molar-refractivity contribution in [2.75, 3.05) is 7.05 Å². The zero-order chi connectivity index (χ0) is 14.7. The molecular formula is C15H13BrClF2N. The molecule has 0 bridgehead atoms. The highest BCUT2D eigenvalue weighted by atomic mass is 79.9. The van der Waals surface area contributed by atoms with Crippen molar-refractivity contribution >= 4 is 27.5 Å². The van der Waals surface area contributed by atoms with E-state index >= 15 is 0 Å². The Kier molecular flexibility index (Phi) is 5.13. The summed E-state index contributed by atoms with van der Waals surface area (Å²) in [6, 6.07) is 9.04. The van der Waals surface area contributed by atoms with E-state index in [2.05, 4.69) is 21.2 Å². The summed E-state index contributed by atoms with van der Waals surface area (Å²) in [5, 5.41) is 3.60. The summed E-state index contributed by atoms with van der Waals surface area (Å²) < 4.78 is 27.3. The smallest absolute Gasteiger partial charge is 0.137 e. The Hall–Kier alpha value is -0.970. The van der Waals surface area contributed by atoms with Gasteiger partial charge >= 0.3 is 0 Å². The monoisotopic (exact) mass is 359 g/mol. The first-order valence-electron chi connectivity index (χ1n) is 6.07. The summed E-state index contributed by atoms with van der Waals surface area (Å²) in [7, 11) is 1.78. The fourth-order valence-electron chi connectivity index (χ4n) is 2.04. The van der Waals surface area contributed by atoms with Crippen molar-refractivity contribution in [3.05, 3.63) is 68.7 Å². The predicted molar refractivity (Wildman–Crippen MR) is 81.0 cm³/mol. The lowest BCUT2D eigenvalue weighted by molar-refractivity contribution is 0.571. The van der Waals surface area contributed by atoms with Gasteiger partial charge in [0.05, 0.1) is 4.47 Å². The van der Waals surface area contributed by atoms with E-state index in [1.54, 1.807) is 13.1 Å². The summed E-state index contributed by atoms with van der Waals surface area (Å²) in [6.07, 6.45) is 0.480. The molecule has 0 radical (unpaired) electrons. The second-order valence-corrected chi connectivity index (χ2v) is 5.72. The van der Waals surface area contributed by atoms with E-state index in [0.29, 0.717) is 21.5 Å². The number of rotatable bonds is 4. The molecule has 2 aromatic carbocycles. The molecule has 0 saturated heterocycles. The molecule has 0 aliphatic heterocycles. The molecule has 0 fully saturated rings. The second-order valence-electron chi connectivity index (χ2n) is 4.45. The highest BCUT2D eigenvalue weighted by Crippen LogP contribution is 2.26. The zero-order valence-electron chi connectivity index (χ0n) is 10.8. The van der Waals surface area contributed by atoms with Crippen LogP contribution in [0.25, 0.3) is 0 Å². The molecule has 2 aromatic rings. The quantitative estimate of drug-likeness (QED) is 0.819. The van der Waals surface area contributed by atoms with Gasteiger partial charge in [-0.15, -0.1) is 0 Å². The van der Waals surface area contributed by atoms with Gasteiger partial charge in [-0.25, -0.2) is 8.78 Å². The Bertz CT molecular complexity index is 619. The lowest BCUT2D eigenvalue weighted by Crippen LogP contribution is -2.19. The van der Waals surface area contributed by atoms with Crippen molar-refractivity contribution in [2.24, 2.45) is 0 Å². The molecule has 2 rings (SSSR count). The summed E-state index contributed by atoms with van der Waals surface area (Å²) in [5.41, 5.74) is 1.47. The average molecular weight is 361 g/mol. The maximum Gasteiger partial charge on any atom is 0.137 e. The molecule has 0 aromatic heterocycles. The van der Waals surface area contributed by atoms with E-state index in [4.69, 9.17) is 11.6 Å². The molecule has 20 heavy (non-hydrogen) atoms. The van der Waals surface area contributed by atoms with Crippen LogP contribution in [0.5, 0.6) is 0 Å². The first-order chi connectivity index (χ1) is 9.51. The summed E-state index contributed by atoms with van der Waals surface area (Å²) in [5.74, 6) is -0.658. The first kappa shape index (κ1) is 15.4. The van der Waals surface area contributed by atoms with Gasteiger partial charge in [-0.3, -0.25) is 0 Å². The van der Waals surface area contributed by atoms with Gasteiger partial charge in [0.25, 0.3) is 0 Å². The maximum absolute atomic E-state index is 13.6. The number of hydrogen-bond acceptors (Lipinski definition) is 1. The fourth-order valence-corrected chi connectivity index (χ4v) is 2.48. The van der Waals surface area contributed by atoms with Crippen LogP contribution in [0.15, 0.2) is 40.9 Å². The van der Waals surface area contributed by atoms with Crippen LogP contribution < -0.4 is 5.32 Å².